The Morgan fingerprint density at radius 1 is 1.40 bits per heavy atom. The summed E-state index contributed by atoms with van der Waals surface area (Å²) >= 11 is 1.65. The quantitative estimate of drug-likeness (QED) is 0.943. The van der Waals surface area contributed by atoms with Gasteiger partial charge in [-0.25, -0.2) is 0 Å². The first-order chi connectivity index (χ1) is 9.79. The van der Waals surface area contributed by atoms with Crippen LogP contribution in [0.15, 0.2) is 29.6 Å². The second kappa shape index (κ2) is 5.94. The molecule has 106 valence electrons. The number of carbonyl (C=O) groups excluding carboxylic acids is 1. The number of likely N-dealkylation sites (tertiary alicyclic amines) is 1. The molecule has 1 aliphatic heterocycles. The first kappa shape index (κ1) is 13.6. The monoisotopic (exact) mass is 288 g/mol. The van der Waals surface area contributed by atoms with Crippen LogP contribution in [0.25, 0.3) is 10.1 Å². The maximum atomic E-state index is 12.7. The molecule has 3 rings (SSSR count). The molecule has 0 aliphatic carbocycles. The number of piperidine rings is 1. The summed E-state index contributed by atoms with van der Waals surface area (Å²) in [5, 5.41) is 3.09. The zero-order chi connectivity index (χ0) is 13.9. The maximum Gasteiger partial charge on any atom is 0.255 e. The largest absolute Gasteiger partial charge is 0.338 e. The average molecular weight is 288 g/mol. The number of amides is 1. The number of hydrogen-bond acceptors (Lipinski definition) is 3. The molecule has 0 saturated carbocycles. The molecule has 0 bridgehead atoms. The molecule has 2 aromatic rings. The Bertz CT molecular complexity index is 605. The SMILES string of the molecule is NCCC1CCCN(C(=O)c2csc3ccccc23)C1. The van der Waals surface area contributed by atoms with E-state index in [0.717, 1.165) is 36.9 Å². The van der Waals surface area contributed by atoms with Crippen LogP contribution in [0.5, 0.6) is 0 Å². The van der Waals surface area contributed by atoms with Gasteiger partial charge in [-0.3, -0.25) is 4.79 Å². The second-order valence-electron chi connectivity index (χ2n) is 5.48. The lowest BCUT2D eigenvalue weighted by Gasteiger charge is -2.32. The molecule has 1 atom stereocenters. The highest BCUT2D eigenvalue weighted by Crippen LogP contribution is 2.28. The molecule has 3 nitrogen and oxygen atoms in total. The fourth-order valence-electron chi connectivity index (χ4n) is 3.03. The Morgan fingerprint density at radius 2 is 2.25 bits per heavy atom. The number of thiophene rings is 1. The van der Waals surface area contributed by atoms with Crippen LogP contribution in [0.2, 0.25) is 0 Å². The lowest BCUT2D eigenvalue weighted by Crippen LogP contribution is -2.40. The number of rotatable bonds is 3. The zero-order valence-corrected chi connectivity index (χ0v) is 12.4. The Balaban J connectivity index is 1.81. The molecule has 2 heterocycles. The summed E-state index contributed by atoms with van der Waals surface area (Å²) in [6.45, 7) is 2.46. The third-order valence-electron chi connectivity index (χ3n) is 4.09. The van der Waals surface area contributed by atoms with Crippen molar-refractivity contribution in [3.63, 3.8) is 0 Å². The number of fused-ring (bicyclic) bond motifs is 1. The Morgan fingerprint density at radius 3 is 3.10 bits per heavy atom. The third-order valence-corrected chi connectivity index (χ3v) is 5.06. The van der Waals surface area contributed by atoms with Gasteiger partial charge in [0, 0.05) is 28.6 Å². The van der Waals surface area contributed by atoms with Crippen molar-refractivity contribution in [3.05, 3.63) is 35.2 Å². The van der Waals surface area contributed by atoms with Crippen LogP contribution >= 0.6 is 11.3 Å². The van der Waals surface area contributed by atoms with Crippen LogP contribution in [0, 0.1) is 5.92 Å². The number of nitrogens with zero attached hydrogens (tertiary/aromatic N) is 1. The van der Waals surface area contributed by atoms with Gasteiger partial charge in [-0.15, -0.1) is 11.3 Å². The van der Waals surface area contributed by atoms with Crippen LogP contribution in [-0.4, -0.2) is 30.4 Å². The van der Waals surface area contributed by atoms with Crippen molar-refractivity contribution in [2.45, 2.75) is 19.3 Å². The molecule has 1 aromatic heterocycles. The summed E-state index contributed by atoms with van der Waals surface area (Å²) in [6, 6.07) is 8.13. The van der Waals surface area contributed by atoms with Crippen molar-refractivity contribution in [2.75, 3.05) is 19.6 Å². The first-order valence-corrected chi connectivity index (χ1v) is 8.13. The van der Waals surface area contributed by atoms with Gasteiger partial charge in [0.05, 0.1) is 5.56 Å². The number of carbonyl (C=O) groups is 1. The minimum Gasteiger partial charge on any atom is -0.338 e. The standard InChI is InChI=1S/C16H20N2OS/c17-8-7-12-4-3-9-18(10-12)16(19)14-11-20-15-6-2-1-5-13(14)15/h1-2,5-6,11-12H,3-4,7-10,17H2. The fourth-order valence-corrected chi connectivity index (χ4v) is 3.97. The molecule has 20 heavy (non-hydrogen) atoms. The highest BCUT2D eigenvalue weighted by atomic mass is 32.1. The predicted octanol–water partition coefficient (Wildman–Crippen LogP) is 3.10. The van der Waals surface area contributed by atoms with E-state index in [1.165, 1.54) is 11.1 Å². The summed E-state index contributed by atoms with van der Waals surface area (Å²) in [7, 11) is 0. The molecule has 0 radical (unpaired) electrons. The molecule has 1 unspecified atom stereocenters. The van der Waals surface area contributed by atoms with Gasteiger partial charge in [-0.1, -0.05) is 18.2 Å². The van der Waals surface area contributed by atoms with E-state index >= 15 is 0 Å². The molecule has 1 aromatic carbocycles. The van der Waals surface area contributed by atoms with Gasteiger partial charge < -0.3 is 10.6 Å². The highest BCUT2D eigenvalue weighted by Gasteiger charge is 2.25. The molecular weight excluding hydrogens is 268 g/mol. The van der Waals surface area contributed by atoms with Crippen molar-refractivity contribution in [1.82, 2.24) is 4.90 Å². The molecule has 1 saturated heterocycles. The van der Waals surface area contributed by atoms with Crippen LogP contribution in [0.1, 0.15) is 29.6 Å². The van der Waals surface area contributed by atoms with Crippen molar-refractivity contribution in [3.8, 4) is 0 Å². The predicted molar refractivity (Wildman–Crippen MR) is 84.1 cm³/mol. The molecule has 1 fully saturated rings. The maximum absolute atomic E-state index is 12.7. The Kier molecular flexibility index (Phi) is 4.03. The molecule has 2 N–H and O–H groups in total. The van der Waals surface area contributed by atoms with E-state index < -0.39 is 0 Å². The summed E-state index contributed by atoms with van der Waals surface area (Å²) < 4.78 is 1.19. The van der Waals surface area contributed by atoms with Gasteiger partial charge in [-0.05, 0) is 37.8 Å². The Hall–Kier alpha value is -1.39. The fraction of sp³-hybridized carbons (Fsp3) is 0.438. The van der Waals surface area contributed by atoms with Crippen molar-refractivity contribution in [2.24, 2.45) is 11.7 Å². The molecule has 1 amide bonds. The first-order valence-electron chi connectivity index (χ1n) is 7.25. The van der Waals surface area contributed by atoms with E-state index in [4.69, 9.17) is 5.73 Å². The summed E-state index contributed by atoms with van der Waals surface area (Å²) in [5.41, 5.74) is 6.51. The number of hydrogen-bond donors (Lipinski definition) is 1. The van der Waals surface area contributed by atoms with Crippen LogP contribution in [-0.2, 0) is 0 Å². The average Bonchev–Trinajstić information content (AvgIpc) is 2.91. The normalized spacial score (nSPS) is 19.4. The van der Waals surface area contributed by atoms with E-state index in [2.05, 4.69) is 6.07 Å². The van der Waals surface area contributed by atoms with Crippen LogP contribution in [0.3, 0.4) is 0 Å². The topological polar surface area (TPSA) is 46.3 Å². The summed E-state index contributed by atoms with van der Waals surface area (Å²) in [5.74, 6) is 0.756. The zero-order valence-electron chi connectivity index (χ0n) is 11.5. The summed E-state index contributed by atoms with van der Waals surface area (Å²) in [4.78, 5) is 14.7. The second-order valence-corrected chi connectivity index (χ2v) is 6.39. The van der Waals surface area contributed by atoms with E-state index in [-0.39, 0.29) is 5.91 Å². The number of benzene rings is 1. The highest BCUT2D eigenvalue weighted by molar-refractivity contribution is 7.17. The lowest BCUT2D eigenvalue weighted by atomic mass is 9.94. The number of nitrogens with two attached hydrogens (primary N) is 1. The van der Waals surface area contributed by atoms with Gasteiger partial charge in [-0.2, -0.15) is 0 Å². The molecule has 0 spiro atoms. The smallest absolute Gasteiger partial charge is 0.255 e. The van der Waals surface area contributed by atoms with E-state index in [9.17, 15) is 4.79 Å². The van der Waals surface area contributed by atoms with Crippen LogP contribution < -0.4 is 5.73 Å². The van der Waals surface area contributed by atoms with E-state index in [1.54, 1.807) is 11.3 Å². The van der Waals surface area contributed by atoms with Crippen LogP contribution in [0.4, 0.5) is 0 Å². The van der Waals surface area contributed by atoms with Crippen molar-refractivity contribution >= 4 is 27.3 Å². The Labute approximate surface area is 123 Å². The van der Waals surface area contributed by atoms with E-state index in [0.29, 0.717) is 12.5 Å². The minimum absolute atomic E-state index is 0.184. The van der Waals surface area contributed by atoms with Gasteiger partial charge >= 0.3 is 0 Å². The van der Waals surface area contributed by atoms with Crippen molar-refractivity contribution < 1.29 is 4.79 Å². The summed E-state index contributed by atoms with van der Waals surface area (Å²) in [6.07, 6.45) is 3.32. The van der Waals surface area contributed by atoms with E-state index in [1.807, 2.05) is 28.5 Å². The third kappa shape index (κ3) is 2.58. The van der Waals surface area contributed by atoms with Gasteiger partial charge in [0.15, 0.2) is 0 Å². The lowest BCUT2D eigenvalue weighted by molar-refractivity contribution is 0.0672. The van der Waals surface area contributed by atoms with Crippen molar-refractivity contribution in [1.29, 1.82) is 0 Å². The molecule has 1 aliphatic rings. The van der Waals surface area contributed by atoms with Gasteiger partial charge in [0.2, 0.25) is 0 Å². The minimum atomic E-state index is 0.184. The molecule has 4 heteroatoms. The molecular formula is C16H20N2OS. The van der Waals surface area contributed by atoms with Gasteiger partial charge in [0.25, 0.3) is 5.91 Å². The van der Waals surface area contributed by atoms with Gasteiger partial charge in [0.1, 0.15) is 0 Å².